The number of benzene rings is 3. The zero-order chi connectivity index (χ0) is 14.8. The molecule has 21 heavy (non-hydrogen) atoms. The lowest BCUT2D eigenvalue weighted by Crippen LogP contribution is -2.16. The third-order valence-corrected chi connectivity index (χ3v) is 3.59. The van der Waals surface area contributed by atoms with Gasteiger partial charge in [0, 0.05) is 29.0 Å². The van der Waals surface area contributed by atoms with Crippen LogP contribution >= 0.6 is 0 Å². The first-order valence-corrected chi connectivity index (χ1v) is 7.00. The molecular formula is C18H17FN2. The summed E-state index contributed by atoms with van der Waals surface area (Å²) >= 11 is 0. The van der Waals surface area contributed by atoms with Crippen molar-refractivity contribution >= 4 is 27.8 Å². The Hall–Kier alpha value is -2.55. The van der Waals surface area contributed by atoms with Gasteiger partial charge in [-0.25, -0.2) is 4.39 Å². The normalized spacial score (nSPS) is 10.8. The highest BCUT2D eigenvalue weighted by Crippen LogP contribution is 2.33. The predicted molar refractivity (Wildman–Crippen MR) is 87.4 cm³/mol. The fourth-order valence-corrected chi connectivity index (χ4v) is 2.69. The minimum absolute atomic E-state index is 0.316. The van der Waals surface area contributed by atoms with E-state index in [0.717, 1.165) is 28.7 Å². The van der Waals surface area contributed by atoms with E-state index in [0.29, 0.717) is 5.69 Å². The lowest BCUT2D eigenvalue weighted by Gasteiger charge is -2.25. The molecule has 0 saturated heterocycles. The van der Waals surface area contributed by atoms with Crippen LogP contribution in [0.2, 0.25) is 0 Å². The molecule has 0 radical (unpaired) electrons. The Morgan fingerprint density at radius 1 is 1.00 bits per heavy atom. The van der Waals surface area contributed by atoms with Crippen molar-refractivity contribution < 1.29 is 4.39 Å². The van der Waals surface area contributed by atoms with Crippen LogP contribution in [0.15, 0.2) is 60.7 Å². The maximum atomic E-state index is 13.6. The second-order valence-corrected chi connectivity index (χ2v) is 4.99. The molecule has 0 aliphatic carbocycles. The van der Waals surface area contributed by atoms with Gasteiger partial charge in [-0.1, -0.05) is 36.4 Å². The number of nitrogen functional groups attached to an aromatic ring is 1. The van der Waals surface area contributed by atoms with Crippen LogP contribution in [0.4, 0.5) is 21.5 Å². The summed E-state index contributed by atoms with van der Waals surface area (Å²) in [6, 6.07) is 19.0. The van der Waals surface area contributed by atoms with E-state index in [1.165, 1.54) is 12.1 Å². The second kappa shape index (κ2) is 5.44. The van der Waals surface area contributed by atoms with Crippen molar-refractivity contribution in [3.05, 3.63) is 66.5 Å². The molecule has 3 aromatic carbocycles. The van der Waals surface area contributed by atoms with E-state index in [1.54, 1.807) is 6.07 Å². The summed E-state index contributed by atoms with van der Waals surface area (Å²) in [5.41, 5.74) is 8.04. The maximum Gasteiger partial charge on any atom is 0.127 e. The van der Waals surface area contributed by atoms with E-state index in [2.05, 4.69) is 23.1 Å². The van der Waals surface area contributed by atoms with Gasteiger partial charge in [-0.2, -0.15) is 0 Å². The standard InChI is InChI=1S/C18H17FN2/c1-2-21(16-11-14(19)10-15(20)12-16)18-9-5-7-13-6-3-4-8-17(13)18/h3-12H,2,20H2,1H3. The first-order chi connectivity index (χ1) is 10.2. The third kappa shape index (κ3) is 2.55. The number of anilines is 3. The van der Waals surface area contributed by atoms with Gasteiger partial charge in [0.1, 0.15) is 5.82 Å². The highest BCUT2D eigenvalue weighted by atomic mass is 19.1. The minimum atomic E-state index is -0.316. The summed E-state index contributed by atoms with van der Waals surface area (Å²) < 4.78 is 13.6. The average molecular weight is 280 g/mol. The molecule has 0 spiro atoms. The zero-order valence-electron chi connectivity index (χ0n) is 11.9. The van der Waals surface area contributed by atoms with Gasteiger partial charge in [0.2, 0.25) is 0 Å². The molecule has 106 valence electrons. The van der Waals surface area contributed by atoms with E-state index >= 15 is 0 Å². The Morgan fingerprint density at radius 3 is 2.52 bits per heavy atom. The number of hydrogen-bond donors (Lipinski definition) is 1. The molecule has 2 N–H and O–H groups in total. The van der Waals surface area contributed by atoms with Crippen LogP contribution in [0.1, 0.15) is 6.92 Å². The van der Waals surface area contributed by atoms with Gasteiger partial charge in [-0.3, -0.25) is 0 Å². The smallest absolute Gasteiger partial charge is 0.127 e. The first-order valence-electron chi connectivity index (χ1n) is 7.00. The van der Waals surface area contributed by atoms with Crippen molar-refractivity contribution in [2.24, 2.45) is 0 Å². The summed E-state index contributed by atoms with van der Waals surface area (Å²) in [5, 5.41) is 2.31. The van der Waals surface area contributed by atoms with Crippen molar-refractivity contribution in [2.75, 3.05) is 17.2 Å². The number of halogens is 1. The molecule has 0 amide bonds. The van der Waals surface area contributed by atoms with Crippen molar-refractivity contribution in [1.29, 1.82) is 0 Å². The minimum Gasteiger partial charge on any atom is -0.399 e. The van der Waals surface area contributed by atoms with Gasteiger partial charge in [-0.15, -0.1) is 0 Å². The highest BCUT2D eigenvalue weighted by molar-refractivity contribution is 5.96. The molecule has 3 rings (SSSR count). The van der Waals surface area contributed by atoms with Gasteiger partial charge < -0.3 is 10.6 Å². The zero-order valence-corrected chi connectivity index (χ0v) is 11.9. The van der Waals surface area contributed by atoms with Crippen molar-refractivity contribution in [3.8, 4) is 0 Å². The molecule has 0 aliphatic rings. The van der Waals surface area contributed by atoms with Crippen molar-refractivity contribution in [2.45, 2.75) is 6.92 Å². The molecule has 3 aromatic rings. The molecule has 0 bridgehead atoms. The number of fused-ring (bicyclic) bond motifs is 1. The van der Waals surface area contributed by atoms with Crippen LogP contribution in [-0.4, -0.2) is 6.54 Å². The number of hydrogen-bond acceptors (Lipinski definition) is 2. The van der Waals surface area contributed by atoms with Crippen LogP contribution in [0.5, 0.6) is 0 Å². The molecule has 0 fully saturated rings. The monoisotopic (exact) mass is 280 g/mol. The van der Waals surface area contributed by atoms with E-state index in [4.69, 9.17) is 5.73 Å². The molecule has 0 atom stereocenters. The topological polar surface area (TPSA) is 29.3 Å². The second-order valence-electron chi connectivity index (χ2n) is 4.99. The largest absolute Gasteiger partial charge is 0.399 e. The van der Waals surface area contributed by atoms with Crippen LogP contribution in [-0.2, 0) is 0 Å². The van der Waals surface area contributed by atoms with Gasteiger partial charge >= 0.3 is 0 Å². The van der Waals surface area contributed by atoms with E-state index in [-0.39, 0.29) is 5.82 Å². The van der Waals surface area contributed by atoms with Crippen molar-refractivity contribution in [1.82, 2.24) is 0 Å². The van der Waals surface area contributed by atoms with Crippen LogP contribution in [0.25, 0.3) is 10.8 Å². The Labute approximate surface area is 123 Å². The van der Waals surface area contributed by atoms with Gasteiger partial charge in [0.15, 0.2) is 0 Å². The molecule has 0 saturated carbocycles. The van der Waals surface area contributed by atoms with Crippen LogP contribution in [0, 0.1) is 5.82 Å². The summed E-state index contributed by atoms with van der Waals surface area (Å²) in [5.74, 6) is -0.316. The van der Waals surface area contributed by atoms with Crippen LogP contribution in [0.3, 0.4) is 0 Å². The van der Waals surface area contributed by atoms with E-state index in [9.17, 15) is 4.39 Å². The Kier molecular flexibility index (Phi) is 3.48. The predicted octanol–water partition coefficient (Wildman–Crippen LogP) is 4.72. The van der Waals surface area contributed by atoms with Gasteiger partial charge in [-0.05, 0) is 36.6 Å². The Bertz CT molecular complexity index is 758. The van der Waals surface area contributed by atoms with Gasteiger partial charge in [0.05, 0.1) is 0 Å². The molecular weight excluding hydrogens is 263 g/mol. The summed E-state index contributed by atoms with van der Waals surface area (Å²) in [6.45, 7) is 2.78. The summed E-state index contributed by atoms with van der Waals surface area (Å²) in [7, 11) is 0. The maximum absolute atomic E-state index is 13.6. The van der Waals surface area contributed by atoms with E-state index in [1.807, 2.05) is 31.2 Å². The molecule has 2 nitrogen and oxygen atoms in total. The third-order valence-electron chi connectivity index (χ3n) is 3.59. The summed E-state index contributed by atoms with van der Waals surface area (Å²) in [6.07, 6.45) is 0. The summed E-state index contributed by atoms with van der Waals surface area (Å²) in [4.78, 5) is 2.07. The fraction of sp³-hybridized carbons (Fsp3) is 0.111. The lowest BCUT2D eigenvalue weighted by molar-refractivity contribution is 0.628. The highest BCUT2D eigenvalue weighted by Gasteiger charge is 2.12. The van der Waals surface area contributed by atoms with E-state index < -0.39 is 0 Å². The molecule has 0 unspecified atom stereocenters. The number of nitrogens with zero attached hydrogens (tertiary/aromatic N) is 1. The first kappa shape index (κ1) is 13.4. The number of nitrogens with two attached hydrogens (primary N) is 1. The number of rotatable bonds is 3. The van der Waals surface area contributed by atoms with Crippen molar-refractivity contribution in [3.63, 3.8) is 0 Å². The quantitative estimate of drug-likeness (QED) is 0.703. The molecule has 0 aliphatic heterocycles. The molecule has 3 heteroatoms. The van der Waals surface area contributed by atoms with Crippen LogP contribution < -0.4 is 10.6 Å². The Balaban J connectivity index is 2.18. The average Bonchev–Trinajstić information content (AvgIpc) is 2.47. The lowest BCUT2D eigenvalue weighted by atomic mass is 10.1. The molecule has 0 aromatic heterocycles. The Morgan fingerprint density at radius 2 is 1.76 bits per heavy atom. The SMILES string of the molecule is CCN(c1cc(N)cc(F)c1)c1cccc2ccccc12. The fourth-order valence-electron chi connectivity index (χ4n) is 2.69. The molecule has 0 heterocycles. The van der Waals surface area contributed by atoms with Gasteiger partial charge in [0.25, 0.3) is 0 Å².